The van der Waals surface area contributed by atoms with Crippen LogP contribution in [0, 0.1) is 20.8 Å². The summed E-state index contributed by atoms with van der Waals surface area (Å²) >= 11 is 0. The quantitative estimate of drug-likeness (QED) is 0.464. The van der Waals surface area contributed by atoms with Gasteiger partial charge in [0.05, 0.1) is 17.8 Å². The molecule has 0 atom stereocenters. The highest BCUT2D eigenvalue weighted by Crippen LogP contribution is 2.28. The molecule has 0 aliphatic rings. The first-order valence-corrected chi connectivity index (χ1v) is 6.88. The van der Waals surface area contributed by atoms with Gasteiger partial charge in [0.25, 0.3) is 0 Å². The molecule has 21 heavy (non-hydrogen) atoms. The Bertz CT molecular complexity index is 671. The molecule has 1 rings (SSSR count). The van der Waals surface area contributed by atoms with Crippen LogP contribution >= 0.6 is 0 Å². The molecule has 0 aliphatic heterocycles. The zero-order valence-corrected chi connectivity index (χ0v) is 13.2. The fourth-order valence-corrected chi connectivity index (χ4v) is 2.06. The van der Waals surface area contributed by atoms with Crippen LogP contribution in [0.4, 0.5) is 0 Å². The van der Waals surface area contributed by atoms with Crippen LogP contribution in [0.1, 0.15) is 40.2 Å². The van der Waals surface area contributed by atoms with Crippen LogP contribution in [0.2, 0.25) is 0 Å². The minimum Gasteiger partial charge on any atom is -0.496 e. The lowest BCUT2D eigenvalue weighted by Crippen LogP contribution is -1.99. The highest BCUT2D eigenvalue weighted by Gasteiger charge is 2.08. The molecule has 0 aliphatic carbocycles. The smallest absolute Gasteiger partial charge is 0.330 e. The lowest BCUT2D eigenvalue weighted by Gasteiger charge is -2.13. The molecule has 0 fully saturated rings. The summed E-state index contributed by atoms with van der Waals surface area (Å²) in [6.45, 7) is 9.55. The van der Waals surface area contributed by atoms with Crippen molar-refractivity contribution < 1.29 is 18.4 Å². The average molecular weight is 291 g/mol. The van der Waals surface area contributed by atoms with Crippen molar-refractivity contribution in [3.63, 3.8) is 0 Å². The van der Waals surface area contributed by atoms with Crippen LogP contribution < -0.4 is 4.74 Å². The Morgan fingerprint density at radius 3 is 2.67 bits per heavy atom. The minimum absolute atomic E-state index is 0.342. The lowest BCUT2D eigenvalue weighted by atomic mass is 9.96. The van der Waals surface area contributed by atoms with Gasteiger partial charge in [-0.25, -0.2) is 4.79 Å². The van der Waals surface area contributed by atoms with Crippen LogP contribution in [0.15, 0.2) is 23.8 Å². The van der Waals surface area contributed by atoms with Gasteiger partial charge in [0, 0.05) is 6.08 Å². The van der Waals surface area contributed by atoms with Crippen molar-refractivity contribution in [1.82, 2.24) is 0 Å². The van der Waals surface area contributed by atoms with Crippen molar-refractivity contribution in [2.75, 3.05) is 13.6 Å². The van der Waals surface area contributed by atoms with Crippen molar-refractivity contribution in [3.05, 3.63) is 46.0 Å². The Morgan fingerprint density at radius 2 is 2.05 bits per heavy atom. The van der Waals surface area contributed by atoms with E-state index in [1.807, 2.05) is 39.8 Å². The molecule has 0 aromatic heterocycles. The topological polar surface area (TPSA) is 35.5 Å². The summed E-state index contributed by atoms with van der Waals surface area (Å²) in [5.41, 5.74) is 4.37. The molecule has 0 bridgehead atoms. The monoisotopic (exact) mass is 291 g/mol. The minimum atomic E-state index is -2.47. The summed E-state index contributed by atoms with van der Waals surface area (Å²) in [4.78, 5) is 11.4. The number of hydrogen-bond acceptors (Lipinski definition) is 3. The van der Waals surface area contributed by atoms with E-state index in [1.54, 1.807) is 13.0 Å². The number of rotatable bonds is 5. The molecule has 0 heterocycles. The molecule has 114 valence electrons. The largest absolute Gasteiger partial charge is 0.496 e. The maximum absolute atomic E-state index is 11.4. The number of ether oxygens (including phenoxy) is 2. The van der Waals surface area contributed by atoms with E-state index in [2.05, 4.69) is 0 Å². The second kappa shape index (κ2) is 7.67. The summed E-state index contributed by atoms with van der Waals surface area (Å²) in [5.74, 6) is -0.00774. The fourth-order valence-electron chi connectivity index (χ4n) is 2.06. The summed E-state index contributed by atoms with van der Waals surface area (Å²) in [7, 11) is -2.47. The van der Waals surface area contributed by atoms with Crippen molar-refractivity contribution in [2.45, 2.75) is 34.6 Å². The Kier molecular flexibility index (Phi) is 4.64. The SMILES string of the molecule is [2H]C([2H])([2H])Oc1cc(C)c(/C=C/C(C)=CC(=O)OCC)c(C)c1C. The van der Waals surface area contributed by atoms with E-state index in [-0.39, 0.29) is 5.97 Å². The molecule has 3 heteroatoms. The average Bonchev–Trinajstić information content (AvgIpc) is 2.43. The number of allylic oxidation sites excluding steroid dienone is 2. The molecule has 0 spiro atoms. The molecule has 0 amide bonds. The number of benzene rings is 1. The molecule has 0 saturated heterocycles. The maximum atomic E-state index is 11.4. The van der Waals surface area contributed by atoms with Gasteiger partial charge in [0.1, 0.15) is 5.75 Å². The Hall–Kier alpha value is -2.03. The first kappa shape index (κ1) is 12.7. The molecule has 0 unspecified atom stereocenters. The zero-order chi connectivity index (χ0) is 18.5. The molecule has 0 radical (unpaired) electrons. The predicted molar refractivity (Wildman–Crippen MR) is 86.6 cm³/mol. The molecular weight excluding hydrogens is 264 g/mol. The van der Waals surface area contributed by atoms with Crippen LogP contribution in [-0.4, -0.2) is 19.6 Å². The van der Waals surface area contributed by atoms with Crippen molar-refractivity contribution in [2.24, 2.45) is 0 Å². The standard InChI is InChI=1S/C18H24O3/c1-7-21-18(19)10-12(2)8-9-16-13(3)11-17(20-6)15(5)14(16)4/h8-11H,7H2,1-6H3/b9-8+,12-10?/i6D3. The van der Waals surface area contributed by atoms with E-state index in [9.17, 15) is 4.79 Å². The third-order valence-corrected chi connectivity index (χ3v) is 3.36. The third kappa shape index (κ3) is 4.48. The Morgan fingerprint density at radius 1 is 1.33 bits per heavy atom. The first-order valence-electron chi connectivity index (χ1n) is 8.38. The highest BCUT2D eigenvalue weighted by molar-refractivity contribution is 5.83. The van der Waals surface area contributed by atoms with Crippen LogP contribution in [0.5, 0.6) is 5.75 Å². The predicted octanol–water partition coefficient (Wildman–Crippen LogP) is 4.14. The van der Waals surface area contributed by atoms with E-state index in [1.165, 1.54) is 6.08 Å². The number of carbonyl (C=O) groups excluding carboxylic acids is 1. The number of esters is 1. The number of aryl methyl sites for hydroxylation is 1. The van der Waals surface area contributed by atoms with Gasteiger partial charge < -0.3 is 9.47 Å². The Labute approximate surface area is 131 Å². The molecule has 1 aromatic carbocycles. The second-order valence-corrected chi connectivity index (χ2v) is 4.93. The summed E-state index contributed by atoms with van der Waals surface area (Å²) in [6.07, 6.45) is 5.17. The van der Waals surface area contributed by atoms with Gasteiger partial charge in [-0.1, -0.05) is 12.2 Å². The summed E-state index contributed by atoms with van der Waals surface area (Å²) in [6, 6.07) is 1.72. The van der Waals surface area contributed by atoms with Gasteiger partial charge in [-0.05, 0) is 68.5 Å². The van der Waals surface area contributed by atoms with E-state index < -0.39 is 7.04 Å². The van der Waals surface area contributed by atoms with E-state index in [4.69, 9.17) is 13.6 Å². The van der Waals surface area contributed by atoms with Gasteiger partial charge in [-0.15, -0.1) is 0 Å². The maximum Gasteiger partial charge on any atom is 0.330 e. The molecule has 0 saturated carbocycles. The van der Waals surface area contributed by atoms with Crippen LogP contribution in [0.3, 0.4) is 0 Å². The van der Waals surface area contributed by atoms with E-state index in [0.29, 0.717) is 12.4 Å². The van der Waals surface area contributed by atoms with Gasteiger partial charge in [0.15, 0.2) is 0 Å². The van der Waals surface area contributed by atoms with Gasteiger partial charge in [0.2, 0.25) is 0 Å². The zero-order valence-electron chi connectivity index (χ0n) is 16.2. The molecule has 1 aromatic rings. The second-order valence-electron chi connectivity index (χ2n) is 4.93. The van der Waals surface area contributed by atoms with E-state index in [0.717, 1.165) is 27.8 Å². The highest BCUT2D eigenvalue weighted by atomic mass is 16.5. The molecular formula is C18H24O3. The molecule has 3 nitrogen and oxygen atoms in total. The summed E-state index contributed by atoms with van der Waals surface area (Å²) < 4.78 is 31.7. The van der Waals surface area contributed by atoms with E-state index >= 15 is 0 Å². The van der Waals surface area contributed by atoms with Gasteiger partial charge in [-0.3, -0.25) is 0 Å². The normalized spacial score (nSPS) is 14.5. The summed E-state index contributed by atoms with van der Waals surface area (Å²) in [5, 5.41) is 0. The lowest BCUT2D eigenvalue weighted by molar-refractivity contribution is -0.137. The number of carbonyl (C=O) groups is 1. The third-order valence-electron chi connectivity index (χ3n) is 3.36. The van der Waals surface area contributed by atoms with Gasteiger partial charge >= 0.3 is 5.97 Å². The van der Waals surface area contributed by atoms with Crippen molar-refractivity contribution in [1.29, 1.82) is 0 Å². The van der Waals surface area contributed by atoms with Gasteiger partial charge in [-0.2, -0.15) is 0 Å². The fraction of sp³-hybridized carbons (Fsp3) is 0.389. The van der Waals surface area contributed by atoms with Crippen LogP contribution in [0.25, 0.3) is 6.08 Å². The van der Waals surface area contributed by atoms with Crippen molar-refractivity contribution in [3.8, 4) is 5.75 Å². The number of hydrogen-bond donors (Lipinski definition) is 0. The number of methoxy groups -OCH3 is 1. The van der Waals surface area contributed by atoms with Crippen molar-refractivity contribution >= 4 is 12.0 Å². The van der Waals surface area contributed by atoms with Crippen LogP contribution in [-0.2, 0) is 9.53 Å². The molecule has 0 N–H and O–H groups in total. The first-order chi connectivity index (χ1) is 11.0. The Balaban J connectivity index is 3.12.